The largest absolute Gasteiger partial charge is 0.493 e. The molecule has 1 aliphatic heterocycles. The summed E-state index contributed by atoms with van der Waals surface area (Å²) in [6.07, 6.45) is 1.36. The highest BCUT2D eigenvalue weighted by atomic mass is 35.5. The lowest BCUT2D eigenvalue weighted by Crippen LogP contribution is -2.39. The van der Waals surface area contributed by atoms with Crippen molar-refractivity contribution < 1.29 is 23.8 Å². The number of ketones is 1. The predicted octanol–water partition coefficient (Wildman–Crippen LogP) is 6.27. The summed E-state index contributed by atoms with van der Waals surface area (Å²) < 4.78 is 17.0. The number of rotatable bonds is 7. The Labute approximate surface area is 217 Å². The van der Waals surface area contributed by atoms with Crippen LogP contribution in [0.4, 0.5) is 0 Å². The van der Waals surface area contributed by atoms with Crippen LogP contribution in [0.1, 0.15) is 63.0 Å². The van der Waals surface area contributed by atoms with Crippen LogP contribution in [0.2, 0.25) is 5.02 Å². The minimum absolute atomic E-state index is 0.0125. The van der Waals surface area contributed by atoms with Gasteiger partial charge in [0.2, 0.25) is 0 Å². The number of para-hydroxylation sites is 1. The van der Waals surface area contributed by atoms with Crippen LogP contribution in [0.25, 0.3) is 0 Å². The maximum absolute atomic E-state index is 13.8. The minimum atomic E-state index is -0.741. The average Bonchev–Trinajstić information content (AvgIpc) is 2.87. The third-order valence-corrected chi connectivity index (χ3v) is 7.40. The first-order valence-corrected chi connectivity index (χ1v) is 12.6. The van der Waals surface area contributed by atoms with E-state index in [2.05, 4.69) is 0 Å². The van der Waals surface area contributed by atoms with E-state index >= 15 is 0 Å². The van der Waals surface area contributed by atoms with Gasteiger partial charge in [-0.05, 0) is 56.4 Å². The summed E-state index contributed by atoms with van der Waals surface area (Å²) in [5.41, 5.74) is 3.65. The van der Waals surface area contributed by atoms with Crippen LogP contribution in [0.15, 0.2) is 58.7 Å². The second-order valence-electron chi connectivity index (χ2n) is 9.39. The molecule has 4 atom stereocenters. The number of ether oxygens (including phenoxy) is 3. The Kier molecular flexibility index (Phi) is 7.84. The molecule has 1 unspecified atom stereocenters. The van der Waals surface area contributed by atoms with Gasteiger partial charge in [-0.3, -0.25) is 14.6 Å². The molecule has 0 saturated heterocycles. The highest BCUT2D eigenvalue weighted by Gasteiger charge is 2.46. The van der Waals surface area contributed by atoms with Gasteiger partial charge >= 0.3 is 5.97 Å². The van der Waals surface area contributed by atoms with Gasteiger partial charge < -0.3 is 14.2 Å². The van der Waals surface area contributed by atoms with Crippen LogP contribution in [0.5, 0.6) is 11.5 Å². The summed E-state index contributed by atoms with van der Waals surface area (Å²) in [5.74, 6) is -0.716. The molecule has 0 N–H and O–H groups in total. The Morgan fingerprint density at radius 1 is 1.11 bits per heavy atom. The zero-order chi connectivity index (χ0) is 26.0. The zero-order valence-electron chi connectivity index (χ0n) is 21.3. The molecule has 2 aromatic rings. The first kappa shape index (κ1) is 26.0. The van der Waals surface area contributed by atoms with Crippen molar-refractivity contribution in [2.24, 2.45) is 10.9 Å². The topological polar surface area (TPSA) is 74.2 Å². The van der Waals surface area contributed by atoms with E-state index in [1.54, 1.807) is 20.3 Å². The molecule has 190 valence electrons. The SMILES string of the molecule is CC[C@H](C)OC(=O)C1C(C)=NC2=C(C(=O)C[C@H](c3ccc(Cl)cc3)C2)[C@@H]1c1cccc(OC)c1OC. The van der Waals surface area contributed by atoms with Crippen LogP contribution in [0.3, 0.4) is 0 Å². The predicted molar refractivity (Wildman–Crippen MR) is 140 cm³/mol. The highest BCUT2D eigenvalue weighted by molar-refractivity contribution is 6.30. The van der Waals surface area contributed by atoms with Crippen molar-refractivity contribution in [2.75, 3.05) is 14.2 Å². The van der Waals surface area contributed by atoms with Crippen LogP contribution < -0.4 is 9.47 Å². The second-order valence-corrected chi connectivity index (χ2v) is 9.82. The van der Waals surface area contributed by atoms with E-state index in [9.17, 15) is 9.59 Å². The van der Waals surface area contributed by atoms with E-state index in [-0.39, 0.29) is 23.8 Å². The number of carbonyl (C=O) groups excluding carboxylic acids is 2. The number of benzene rings is 2. The maximum atomic E-state index is 13.8. The highest BCUT2D eigenvalue weighted by Crippen LogP contribution is 2.50. The monoisotopic (exact) mass is 509 g/mol. The Balaban J connectivity index is 1.85. The first-order valence-electron chi connectivity index (χ1n) is 12.3. The minimum Gasteiger partial charge on any atom is -0.493 e. The van der Waals surface area contributed by atoms with Crippen molar-refractivity contribution in [1.82, 2.24) is 0 Å². The number of hydrogen-bond acceptors (Lipinski definition) is 6. The van der Waals surface area contributed by atoms with Crippen LogP contribution in [-0.4, -0.2) is 37.8 Å². The standard InChI is InChI=1S/C29H32ClNO5/c1-6-16(2)36-29(33)25-17(3)31-22-14-19(18-10-12-20(30)13-11-18)15-23(32)27(22)26(25)21-8-7-9-24(34-4)28(21)35-5/h7-13,16,19,25-26H,6,14-15H2,1-5H3/t16-,19+,25?,26+/m0/s1. The lowest BCUT2D eigenvalue weighted by molar-refractivity contribution is -0.151. The quantitative estimate of drug-likeness (QED) is 0.411. The molecule has 0 amide bonds. The zero-order valence-corrected chi connectivity index (χ0v) is 22.1. The molecular formula is C29H32ClNO5. The first-order chi connectivity index (χ1) is 17.3. The van der Waals surface area contributed by atoms with Gasteiger partial charge in [0.25, 0.3) is 0 Å². The van der Waals surface area contributed by atoms with Gasteiger partial charge in [0, 0.05) is 39.9 Å². The molecule has 36 heavy (non-hydrogen) atoms. The van der Waals surface area contributed by atoms with Crippen molar-refractivity contribution in [2.45, 2.75) is 58.0 Å². The smallest absolute Gasteiger partial charge is 0.315 e. The number of halogens is 1. The fraction of sp³-hybridized carbons (Fsp3) is 0.414. The molecule has 7 heteroatoms. The van der Waals surface area contributed by atoms with E-state index in [4.69, 9.17) is 30.8 Å². The van der Waals surface area contributed by atoms with Gasteiger partial charge in [0.1, 0.15) is 5.92 Å². The normalized spacial score (nSPS) is 22.4. The van der Waals surface area contributed by atoms with Gasteiger partial charge in [-0.15, -0.1) is 0 Å². The van der Waals surface area contributed by atoms with Crippen molar-refractivity contribution in [3.8, 4) is 11.5 Å². The summed E-state index contributed by atoms with van der Waals surface area (Å²) in [5, 5.41) is 0.653. The number of Topliss-reactive ketones (excluding diaryl/α,β-unsaturated/α-hetero) is 1. The van der Waals surface area contributed by atoms with Crippen molar-refractivity contribution in [1.29, 1.82) is 0 Å². The molecule has 1 heterocycles. The number of methoxy groups -OCH3 is 2. The van der Waals surface area contributed by atoms with Crippen LogP contribution in [-0.2, 0) is 14.3 Å². The molecule has 0 fully saturated rings. The van der Waals surface area contributed by atoms with E-state index in [1.165, 1.54) is 0 Å². The maximum Gasteiger partial charge on any atom is 0.315 e. The molecule has 1 aliphatic carbocycles. The summed E-state index contributed by atoms with van der Waals surface area (Å²) in [6.45, 7) is 5.66. The van der Waals surface area contributed by atoms with E-state index in [0.717, 1.165) is 5.56 Å². The van der Waals surface area contributed by atoms with Crippen molar-refractivity contribution in [3.63, 3.8) is 0 Å². The Hall–Kier alpha value is -3.12. The van der Waals surface area contributed by atoms with Gasteiger partial charge in [-0.25, -0.2) is 0 Å². The van der Waals surface area contributed by atoms with Gasteiger partial charge in [0.05, 0.1) is 20.3 Å². The Bertz CT molecular complexity index is 1220. The molecule has 4 rings (SSSR count). The summed E-state index contributed by atoms with van der Waals surface area (Å²) in [6, 6.07) is 13.1. The second kappa shape index (κ2) is 10.9. The fourth-order valence-corrected chi connectivity index (χ4v) is 5.31. The van der Waals surface area contributed by atoms with E-state index in [0.29, 0.717) is 58.3 Å². The van der Waals surface area contributed by atoms with E-state index in [1.807, 2.05) is 57.2 Å². The number of nitrogens with zero attached hydrogens (tertiary/aromatic N) is 1. The Morgan fingerprint density at radius 2 is 1.83 bits per heavy atom. The lowest BCUT2D eigenvalue weighted by Gasteiger charge is -2.37. The van der Waals surface area contributed by atoms with Gasteiger partial charge in [-0.1, -0.05) is 42.8 Å². The number of hydrogen-bond donors (Lipinski definition) is 0. The summed E-state index contributed by atoms with van der Waals surface area (Å²) in [4.78, 5) is 32.1. The number of carbonyl (C=O) groups is 2. The molecule has 6 nitrogen and oxygen atoms in total. The Morgan fingerprint density at radius 3 is 2.47 bits per heavy atom. The third-order valence-electron chi connectivity index (χ3n) is 7.14. The number of esters is 1. The molecule has 0 saturated carbocycles. The fourth-order valence-electron chi connectivity index (χ4n) is 5.18. The molecule has 0 spiro atoms. The summed E-state index contributed by atoms with van der Waals surface area (Å²) in [7, 11) is 3.13. The number of aliphatic imine (C=N–C) groups is 1. The van der Waals surface area contributed by atoms with Gasteiger partial charge in [0.15, 0.2) is 17.3 Å². The van der Waals surface area contributed by atoms with Gasteiger partial charge in [-0.2, -0.15) is 0 Å². The van der Waals surface area contributed by atoms with Crippen molar-refractivity contribution in [3.05, 3.63) is 69.9 Å². The lowest BCUT2D eigenvalue weighted by atomic mass is 9.69. The van der Waals surface area contributed by atoms with Crippen molar-refractivity contribution >= 4 is 29.1 Å². The number of allylic oxidation sites excluding steroid dienone is 2. The molecule has 2 aliphatic rings. The molecular weight excluding hydrogens is 478 g/mol. The third kappa shape index (κ3) is 4.92. The molecule has 0 radical (unpaired) electrons. The summed E-state index contributed by atoms with van der Waals surface area (Å²) >= 11 is 6.08. The molecule has 0 bridgehead atoms. The van der Waals surface area contributed by atoms with Crippen LogP contribution >= 0.6 is 11.6 Å². The molecule has 2 aromatic carbocycles. The van der Waals surface area contributed by atoms with E-state index < -0.39 is 11.8 Å². The average molecular weight is 510 g/mol. The molecule has 0 aromatic heterocycles. The van der Waals surface area contributed by atoms with Crippen LogP contribution in [0, 0.1) is 5.92 Å².